The Balaban J connectivity index is 2.22. The van der Waals surface area contributed by atoms with E-state index >= 15 is 0 Å². The molecule has 0 unspecified atom stereocenters. The number of nitrogens with two attached hydrogens (primary N) is 1. The standard InChI is InChI=1S/C16H19FN2O/c17-15-7-1-2-8-16(15)19(10-4-9-18)12-13-5-3-6-14(20)11-13/h1-3,5-8,11,20H,4,9-10,12,18H2. The summed E-state index contributed by atoms with van der Waals surface area (Å²) in [5, 5.41) is 9.51. The lowest BCUT2D eigenvalue weighted by atomic mass is 10.1. The minimum atomic E-state index is -0.246. The molecule has 0 radical (unpaired) electrons. The SMILES string of the molecule is NCCCN(Cc1cccc(O)c1)c1ccccc1F. The van der Waals surface area contributed by atoms with Gasteiger partial charge in [-0.3, -0.25) is 0 Å². The number of phenols is 1. The molecule has 0 saturated carbocycles. The Labute approximate surface area is 118 Å². The van der Waals surface area contributed by atoms with Gasteiger partial charge >= 0.3 is 0 Å². The molecule has 0 aliphatic heterocycles. The largest absolute Gasteiger partial charge is 0.508 e. The number of phenolic OH excluding ortho intramolecular Hbond substituents is 1. The number of hydrogen-bond donors (Lipinski definition) is 2. The first kappa shape index (κ1) is 14.3. The summed E-state index contributed by atoms with van der Waals surface area (Å²) in [6.45, 7) is 1.77. The van der Waals surface area contributed by atoms with Crippen molar-refractivity contribution in [2.75, 3.05) is 18.0 Å². The average molecular weight is 274 g/mol. The quantitative estimate of drug-likeness (QED) is 0.851. The summed E-state index contributed by atoms with van der Waals surface area (Å²) in [5.74, 6) is -0.0283. The molecule has 0 fully saturated rings. The van der Waals surface area contributed by atoms with Crippen LogP contribution in [-0.4, -0.2) is 18.2 Å². The Kier molecular flexibility index (Phi) is 4.96. The molecule has 2 rings (SSSR count). The first-order valence-electron chi connectivity index (χ1n) is 6.68. The van der Waals surface area contributed by atoms with Crippen LogP contribution in [0, 0.1) is 5.82 Å². The Morgan fingerprint density at radius 3 is 2.60 bits per heavy atom. The van der Waals surface area contributed by atoms with Gasteiger partial charge < -0.3 is 15.7 Å². The smallest absolute Gasteiger partial charge is 0.146 e. The van der Waals surface area contributed by atoms with Crippen LogP contribution in [0.1, 0.15) is 12.0 Å². The Hall–Kier alpha value is -2.07. The molecule has 0 aromatic heterocycles. The van der Waals surface area contributed by atoms with Gasteiger partial charge in [-0.2, -0.15) is 0 Å². The van der Waals surface area contributed by atoms with E-state index in [2.05, 4.69) is 0 Å². The van der Waals surface area contributed by atoms with Crippen LogP contribution >= 0.6 is 0 Å². The number of benzene rings is 2. The van der Waals surface area contributed by atoms with Crippen molar-refractivity contribution in [2.45, 2.75) is 13.0 Å². The molecule has 0 bridgehead atoms. The van der Waals surface area contributed by atoms with Crippen molar-refractivity contribution in [3.8, 4) is 5.75 Å². The molecular weight excluding hydrogens is 255 g/mol. The van der Waals surface area contributed by atoms with Gasteiger partial charge in [0.1, 0.15) is 11.6 Å². The summed E-state index contributed by atoms with van der Waals surface area (Å²) >= 11 is 0. The normalized spacial score (nSPS) is 10.5. The molecule has 2 aromatic rings. The third kappa shape index (κ3) is 3.71. The van der Waals surface area contributed by atoms with Crippen molar-refractivity contribution in [1.29, 1.82) is 0 Å². The predicted molar refractivity (Wildman–Crippen MR) is 79.2 cm³/mol. The number of halogens is 1. The van der Waals surface area contributed by atoms with Crippen molar-refractivity contribution in [3.05, 3.63) is 59.9 Å². The second-order valence-corrected chi connectivity index (χ2v) is 4.69. The van der Waals surface area contributed by atoms with Crippen LogP contribution in [0.15, 0.2) is 48.5 Å². The number of rotatable bonds is 6. The molecule has 4 heteroatoms. The zero-order valence-corrected chi connectivity index (χ0v) is 11.3. The molecule has 2 aromatic carbocycles. The lowest BCUT2D eigenvalue weighted by molar-refractivity contribution is 0.474. The van der Waals surface area contributed by atoms with E-state index in [9.17, 15) is 9.50 Å². The zero-order valence-electron chi connectivity index (χ0n) is 11.3. The molecular formula is C16H19FN2O. The summed E-state index contributed by atoms with van der Waals surface area (Å²) in [4.78, 5) is 1.94. The molecule has 20 heavy (non-hydrogen) atoms. The van der Waals surface area contributed by atoms with E-state index in [-0.39, 0.29) is 11.6 Å². The third-order valence-corrected chi connectivity index (χ3v) is 3.11. The van der Waals surface area contributed by atoms with E-state index in [1.54, 1.807) is 30.3 Å². The minimum absolute atomic E-state index is 0.217. The molecule has 0 amide bonds. The number of para-hydroxylation sites is 1. The maximum atomic E-state index is 13.9. The second kappa shape index (κ2) is 6.91. The van der Waals surface area contributed by atoms with Crippen LogP contribution in [0.4, 0.5) is 10.1 Å². The van der Waals surface area contributed by atoms with Crippen LogP contribution in [0.3, 0.4) is 0 Å². The minimum Gasteiger partial charge on any atom is -0.508 e. The molecule has 0 aliphatic rings. The Morgan fingerprint density at radius 2 is 1.90 bits per heavy atom. The number of aromatic hydroxyl groups is 1. The van der Waals surface area contributed by atoms with Gasteiger partial charge in [-0.25, -0.2) is 4.39 Å². The fourth-order valence-corrected chi connectivity index (χ4v) is 2.15. The summed E-state index contributed by atoms with van der Waals surface area (Å²) < 4.78 is 13.9. The van der Waals surface area contributed by atoms with Crippen molar-refractivity contribution >= 4 is 5.69 Å². The molecule has 0 spiro atoms. The number of anilines is 1. The third-order valence-electron chi connectivity index (χ3n) is 3.11. The highest BCUT2D eigenvalue weighted by molar-refractivity contribution is 5.48. The Bertz CT molecular complexity index is 560. The van der Waals surface area contributed by atoms with Crippen LogP contribution in [-0.2, 0) is 6.54 Å². The monoisotopic (exact) mass is 274 g/mol. The molecule has 3 nitrogen and oxygen atoms in total. The van der Waals surface area contributed by atoms with E-state index < -0.39 is 0 Å². The van der Waals surface area contributed by atoms with E-state index in [0.717, 1.165) is 12.0 Å². The van der Waals surface area contributed by atoms with Crippen LogP contribution in [0.5, 0.6) is 5.75 Å². The second-order valence-electron chi connectivity index (χ2n) is 4.69. The van der Waals surface area contributed by atoms with Crippen molar-refractivity contribution < 1.29 is 9.50 Å². The van der Waals surface area contributed by atoms with Crippen LogP contribution in [0.2, 0.25) is 0 Å². The van der Waals surface area contributed by atoms with Gasteiger partial charge in [-0.05, 0) is 42.8 Å². The fourth-order valence-electron chi connectivity index (χ4n) is 2.15. The number of nitrogens with zero attached hydrogens (tertiary/aromatic N) is 1. The average Bonchev–Trinajstić information content (AvgIpc) is 2.44. The first-order valence-corrected chi connectivity index (χ1v) is 6.68. The van der Waals surface area contributed by atoms with Gasteiger partial charge in [-0.15, -0.1) is 0 Å². The van der Waals surface area contributed by atoms with Crippen LogP contribution in [0.25, 0.3) is 0 Å². The fraction of sp³-hybridized carbons (Fsp3) is 0.250. The first-order chi connectivity index (χ1) is 9.70. The lowest BCUT2D eigenvalue weighted by Gasteiger charge is -2.25. The van der Waals surface area contributed by atoms with Gasteiger partial charge in [0.2, 0.25) is 0 Å². The van der Waals surface area contributed by atoms with Crippen molar-refractivity contribution in [2.24, 2.45) is 5.73 Å². The highest BCUT2D eigenvalue weighted by Gasteiger charge is 2.11. The highest BCUT2D eigenvalue weighted by Crippen LogP contribution is 2.22. The van der Waals surface area contributed by atoms with Crippen LogP contribution < -0.4 is 10.6 Å². The summed E-state index contributed by atoms with van der Waals surface area (Å²) in [6, 6.07) is 13.7. The van der Waals surface area contributed by atoms with Crippen molar-refractivity contribution in [3.63, 3.8) is 0 Å². The van der Waals surface area contributed by atoms with E-state index in [1.165, 1.54) is 6.07 Å². The number of hydrogen-bond acceptors (Lipinski definition) is 3. The molecule has 0 saturated heterocycles. The molecule has 3 N–H and O–H groups in total. The topological polar surface area (TPSA) is 49.5 Å². The van der Waals surface area contributed by atoms with Gasteiger partial charge in [0.25, 0.3) is 0 Å². The summed E-state index contributed by atoms with van der Waals surface area (Å²) in [5.41, 5.74) is 7.05. The Morgan fingerprint density at radius 1 is 1.10 bits per heavy atom. The molecule has 0 aliphatic carbocycles. The molecule has 0 atom stereocenters. The zero-order chi connectivity index (χ0) is 14.4. The molecule has 106 valence electrons. The van der Waals surface area contributed by atoms with Gasteiger partial charge in [0.15, 0.2) is 0 Å². The van der Waals surface area contributed by atoms with E-state index in [0.29, 0.717) is 25.3 Å². The maximum Gasteiger partial charge on any atom is 0.146 e. The van der Waals surface area contributed by atoms with Gasteiger partial charge in [0, 0.05) is 13.1 Å². The van der Waals surface area contributed by atoms with E-state index in [4.69, 9.17) is 5.73 Å². The van der Waals surface area contributed by atoms with Crippen molar-refractivity contribution in [1.82, 2.24) is 0 Å². The van der Waals surface area contributed by atoms with Gasteiger partial charge in [0.05, 0.1) is 5.69 Å². The molecule has 0 heterocycles. The van der Waals surface area contributed by atoms with Gasteiger partial charge in [-0.1, -0.05) is 24.3 Å². The maximum absolute atomic E-state index is 13.9. The van der Waals surface area contributed by atoms with E-state index in [1.807, 2.05) is 17.0 Å². The predicted octanol–water partition coefficient (Wildman–Crippen LogP) is 2.89. The highest BCUT2D eigenvalue weighted by atomic mass is 19.1. The summed E-state index contributed by atoms with van der Waals surface area (Å²) in [7, 11) is 0. The lowest BCUT2D eigenvalue weighted by Crippen LogP contribution is -2.26. The summed E-state index contributed by atoms with van der Waals surface area (Å²) in [6.07, 6.45) is 0.785.